The van der Waals surface area contributed by atoms with Crippen molar-refractivity contribution in [1.29, 1.82) is 5.26 Å². The molecule has 3 aromatic heterocycles. The Morgan fingerprint density at radius 2 is 2.03 bits per heavy atom. The Balaban J connectivity index is 1.64. The van der Waals surface area contributed by atoms with E-state index in [-0.39, 0.29) is 11.6 Å². The van der Waals surface area contributed by atoms with Gasteiger partial charge in [-0.15, -0.1) is 21.5 Å². The molecule has 0 saturated heterocycles. The molecule has 0 saturated carbocycles. The second kappa shape index (κ2) is 8.87. The van der Waals surface area contributed by atoms with E-state index in [1.807, 2.05) is 24.3 Å². The lowest BCUT2D eigenvalue weighted by Gasteiger charge is -2.10. The van der Waals surface area contributed by atoms with Crippen LogP contribution in [-0.4, -0.2) is 31.1 Å². The number of nitrogens with zero attached hydrogens (tertiary/aromatic N) is 5. The van der Waals surface area contributed by atoms with Gasteiger partial charge in [0.15, 0.2) is 10.3 Å². The number of carbonyl (C=O) groups is 1. The number of carbonyl (C=O) groups excluding carboxylic acids is 1. The van der Waals surface area contributed by atoms with Gasteiger partial charge in [0.2, 0.25) is 0 Å². The second-order valence-corrected chi connectivity index (χ2v) is 8.44. The highest BCUT2D eigenvalue weighted by Crippen LogP contribution is 2.33. The van der Waals surface area contributed by atoms with Crippen molar-refractivity contribution >= 4 is 45.9 Å². The average molecular weight is 438 g/mol. The first-order chi connectivity index (χ1) is 14.2. The number of benzene rings is 1. The largest absolute Gasteiger partial charge is 0.322 e. The van der Waals surface area contributed by atoms with Gasteiger partial charge >= 0.3 is 0 Å². The maximum absolute atomic E-state index is 12.9. The fourth-order valence-electron chi connectivity index (χ4n) is 2.24. The Morgan fingerprint density at radius 1 is 1.17 bits per heavy atom. The molecule has 11 heteroatoms. The van der Waals surface area contributed by atoms with Gasteiger partial charge in [0.25, 0.3) is 5.91 Å². The molecule has 1 amide bonds. The lowest BCUT2D eigenvalue weighted by Crippen LogP contribution is -2.15. The molecule has 0 aliphatic heterocycles. The average Bonchev–Trinajstić information content (AvgIpc) is 3.44. The van der Waals surface area contributed by atoms with Crippen molar-refractivity contribution in [2.24, 2.45) is 0 Å². The number of hydrogen-bond acceptors (Lipinski definition) is 9. The fraction of sp³-hybridized carbons (Fsp3) is 0. The molecule has 29 heavy (non-hydrogen) atoms. The predicted octanol–water partition coefficient (Wildman–Crippen LogP) is 4.08. The first-order valence-corrected chi connectivity index (χ1v) is 10.7. The van der Waals surface area contributed by atoms with Crippen molar-refractivity contribution in [1.82, 2.24) is 25.1 Å². The second-order valence-electron chi connectivity index (χ2n) is 5.42. The number of hydrogen-bond donors (Lipinski definition) is 2. The summed E-state index contributed by atoms with van der Waals surface area (Å²) in [5.74, 6) is -0.351. The van der Waals surface area contributed by atoms with E-state index in [1.54, 1.807) is 23.7 Å². The molecule has 8 nitrogen and oxygen atoms in total. The standard InChI is InChI=1S/C18H11N7OS3/c19-9-11-1-3-12(4-2-11)28-13-5-6-14(29-18-21-10-22-25-18)23-15(13)16(26)24-17-20-7-8-27-17/h1-8,10H,(H,20,24,26)(H,21,22,25). The number of thiazole rings is 1. The number of nitrogens with one attached hydrogen (secondary N) is 2. The Bertz CT molecular complexity index is 1150. The smallest absolute Gasteiger partial charge is 0.277 e. The van der Waals surface area contributed by atoms with Gasteiger partial charge in [0.1, 0.15) is 17.0 Å². The molecule has 0 aliphatic rings. The third-order valence-corrected chi connectivity index (χ3v) is 6.08. The maximum atomic E-state index is 12.9. The lowest BCUT2D eigenvalue weighted by molar-refractivity contribution is 0.101. The molecule has 3 heterocycles. The molecular formula is C18H11N7OS3. The van der Waals surface area contributed by atoms with Gasteiger partial charge in [-0.2, -0.15) is 5.26 Å². The van der Waals surface area contributed by atoms with Crippen LogP contribution >= 0.6 is 34.9 Å². The number of amides is 1. The van der Waals surface area contributed by atoms with Crippen molar-refractivity contribution in [3.8, 4) is 6.07 Å². The van der Waals surface area contributed by atoms with Gasteiger partial charge in [-0.3, -0.25) is 10.1 Å². The topological polar surface area (TPSA) is 120 Å². The molecule has 0 atom stereocenters. The molecule has 0 unspecified atom stereocenters. The zero-order valence-corrected chi connectivity index (χ0v) is 17.0. The number of aromatic amines is 1. The number of pyridine rings is 1. The van der Waals surface area contributed by atoms with Crippen LogP contribution in [0.3, 0.4) is 0 Å². The molecule has 0 radical (unpaired) electrons. The maximum Gasteiger partial charge on any atom is 0.277 e. The molecule has 0 spiro atoms. The highest BCUT2D eigenvalue weighted by atomic mass is 32.2. The van der Waals surface area contributed by atoms with E-state index < -0.39 is 0 Å². The van der Waals surface area contributed by atoms with Gasteiger partial charge in [0.05, 0.1) is 11.6 Å². The highest BCUT2D eigenvalue weighted by molar-refractivity contribution is 7.99. The monoisotopic (exact) mass is 437 g/mol. The van der Waals surface area contributed by atoms with Gasteiger partial charge in [-0.25, -0.2) is 9.97 Å². The van der Waals surface area contributed by atoms with Crippen LogP contribution in [0.4, 0.5) is 5.13 Å². The molecule has 0 bridgehead atoms. The number of aromatic nitrogens is 5. The number of anilines is 1. The van der Waals surface area contributed by atoms with Crippen LogP contribution in [0.1, 0.15) is 16.1 Å². The predicted molar refractivity (Wildman–Crippen MR) is 110 cm³/mol. The first kappa shape index (κ1) is 19.1. The molecule has 142 valence electrons. The summed E-state index contributed by atoms with van der Waals surface area (Å²) in [4.78, 5) is 26.0. The van der Waals surface area contributed by atoms with Gasteiger partial charge in [-0.1, -0.05) is 11.8 Å². The summed E-state index contributed by atoms with van der Waals surface area (Å²) in [6.45, 7) is 0. The quantitative estimate of drug-likeness (QED) is 0.463. The van der Waals surface area contributed by atoms with E-state index in [9.17, 15) is 4.79 Å². The Kier molecular flexibility index (Phi) is 5.85. The number of rotatable bonds is 6. The molecular weight excluding hydrogens is 426 g/mol. The Morgan fingerprint density at radius 3 is 2.72 bits per heavy atom. The first-order valence-electron chi connectivity index (χ1n) is 8.15. The van der Waals surface area contributed by atoms with Crippen molar-refractivity contribution in [2.45, 2.75) is 20.0 Å². The SMILES string of the molecule is N#Cc1ccc(Sc2ccc(Sc3nnc[nH]3)nc2C(=O)Nc2nccs2)cc1. The van der Waals surface area contributed by atoms with E-state index in [2.05, 4.69) is 36.5 Å². The summed E-state index contributed by atoms with van der Waals surface area (Å²) in [6.07, 6.45) is 3.10. The van der Waals surface area contributed by atoms with Crippen molar-refractivity contribution in [3.63, 3.8) is 0 Å². The fourth-order valence-corrected chi connectivity index (χ4v) is 4.33. The summed E-state index contributed by atoms with van der Waals surface area (Å²) < 4.78 is 0. The lowest BCUT2D eigenvalue weighted by atomic mass is 10.2. The summed E-state index contributed by atoms with van der Waals surface area (Å²) in [6, 6.07) is 12.9. The van der Waals surface area contributed by atoms with Gasteiger partial charge < -0.3 is 4.98 Å². The summed E-state index contributed by atoms with van der Waals surface area (Å²) in [5, 5.41) is 22.9. The third-order valence-electron chi connectivity index (χ3n) is 3.51. The molecule has 0 fully saturated rings. The third kappa shape index (κ3) is 4.80. The van der Waals surface area contributed by atoms with Crippen molar-refractivity contribution in [3.05, 3.63) is 65.6 Å². The summed E-state index contributed by atoms with van der Waals surface area (Å²) >= 11 is 4.00. The van der Waals surface area contributed by atoms with E-state index in [1.165, 1.54) is 41.2 Å². The van der Waals surface area contributed by atoms with Gasteiger partial charge in [-0.05, 0) is 48.2 Å². The zero-order chi connectivity index (χ0) is 20.1. The molecule has 2 N–H and O–H groups in total. The normalized spacial score (nSPS) is 10.4. The van der Waals surface area contributed by atoms with Crippen molar-refractivity contribution in [2.75, 3.05) is 5.32 Å². The Hall–Kier alpha value is -3.20. The van der Waals surface area contributed by atoms with E-state index in [0.717, 1.165) is 4.90 Å². The molecule has 0 aliphatic carbocycles. The van der Waals surface area contributed by atoms with Crippen LogP contribution in [0.15, 0.2) is 74.3 Å². The molecule has 1 aromatic carbocycles. The van der Waals surface area contributed by atoms with Crippen LogP contribution < -0.4 is 5.32 Å². The zero-order valence-electron chi connectivity index (χ0n) is 14.6. The number of H-pyrrole nitrogens is 1. The number of nitriles is 1. The van der Waals surface area contributed by atoms with E-state index in [0.29, 0.717) is 25.8 Å². The minimum atomic E-state index is -0.351. The summed E-state index contributed by atoms with van der Waals surface area (Å²) in [5.41, 5.74) is 0.854. The summed E-state index contributed by atoms with van der Waals surface area (Å²) in [7, 11) is 0. The van der Waals surface area contributed by atoms with Crippen molar-refractivity contribution < 1.29 is 4.79 Å². The Labute approximate surface area is 177 Å². The van der Waals surface area contributed by atoms with E-state index in [4.69, 9.17) is 5.26 Å². The minimum absolute atomic E-state index is 0.277. The van der Waals surface area contributed by atoms with Crippen LogP contribution in [0.2, 0.25) is 0 Å². The van der Waals surface area contributed by atoms with Crippen LogP contribution in [0.25, 0.3) is 0 Å². The van der Waals surface area contributed by atoms with Gasteiger partial charge in [0, 0.05) is 21.4 Å². The van der Waals surface area contributed by atoms with Crippen LogP contribution in [0, 0.1) is 11.3 Å². The van der Waals surface area contributed by atoms with E-state index >= 15 is 0 Å². The van der Waals surface area contributed by atoms with Crippen LogP contribution in [0.5, 0.6) is 0 Å². The highest BCUT2D eigenvalue weighted by Gasteiger charge is 2.18. The molecule has 4 aromatic rings. The molecule has 4 rings (SSSR count). The van der Waals surface area contributed by atoms with Crippen LogP contribution in [-0.2, 0) is 0 Å². The minimum Gasteiger partial charge on any atom is -0.322 e.